The fourth-order valence-corrected chi connectivity index (χ4v) is 2.78. The van der Waals surface area contributed by atoms with Crippen LogP contribution in [-0.2, 0) is 9.59 Å². The SMILES string of the molecule is CC1=CCC(N)CC(N(N)C2CCC(=O)NC2=O)C1. The number of nitrogens with zero attached hydrogens (tertiary/aromatic N) is 1. The molecule has 1 saturated heterocycles. The molecule has 2 amide bonds. The van der Waals surface area contributed by atoms with Gasteiger partial charge in [0.25, 0.3) is 0 Å². The molecule has 1 heterocycles. The number of hydrogen-bond donors (Lipinski definition) is 3. The van der Waals surface area contributed by atoms with Crippen molar-refractivity contribution in [2.24, 2.45) is 11.6 Å². The third kappa shape index (κ3) is 3.40. The van der Waals surface area contributed by atoms with E-state index >= 15 is 0 Å². The third-order valence-corrected chi connectivity index (χ3v) is 3.89. The Hall–Kier alpha value is -1.24. The van der Waals surface area contributed by atoms with Gasteiger partial charge in [-0.05, 0) is 32.6 Å². The summed E-state index contributed by atoms with van der Waals surface area (Å²) in [6.45, 7) is 2.06. The highest BCUT2D eigenvalue weighted by Gasteiger charge is 2.34. The Morgan fingerprint density at radius 1 is 1.42 bits per heavy atom. The van der Waals surface area contributed by atoms with Crippen LogP contribution in [-0.4, -0.2) is 34.9 Å². The van der Waals surface area contributed by atoms with Gasteiger partial charge in [-0.1, -0.05) is 11.6 Å². The second kappa shape index (κ2) is 5.81. The predicted octanol–water partition coefficient (Wildman–Crippen LogP) is -0.207. The van der Waals surface area contributed by atoms with Gasteiger partial charge in [0, 0.05) is 18.5 Å². The van der Waals surface area contributed by atoms with Gasteiger partial charge in [-0.25, -0.2) is 5.01 Å². The Morgan fingerprint density at radius 3 is 2.84 bits per heavy atom. The molecule has 0 aromatic rings. The molecule has 0 saturated carbocycles. The summed E-state index contributed by atoms with van der Waals surface area (Å²) in [6, 6.07) is -0.305. The van der Waals surface area contributed by atoms with E-state index < -0.39 is 6.04 Å². The maximum atomic E-state index is 11.8. The van der Waals surface area contributed by atoms with Gasteiger partial charge < -0.3 is 5.73 Å². The minimum Gasteiger partial charge on any atom is -0.327 e. The summed E-state index contributed by atoms with van der Waals surface area (Å²) in [7, 11) is 0. The number of nitrogens with two attached hydrogens (primary N) is 2. The lowest BCUT2D eigenvalue weighted by Crippen LogP contribution is -2.58. The second-order valence-corrected chi connectivity index (χ2v) is 5.55. The maximum Gasteiger partial charge on any atom is 0.245 e. The molecular weight excluding hydrogens is 244 g/mol. The lowest BCUT2D eigenvalue weighted by Gasteiger charge is -2.35. The van der Waals surface area contributed by atoms with Gasteiger partial charge in [0.05, 0.1) is 0 Å². The number of carbonyl (C=O) groups excluding carboxylic acids is 2. The van der Waals surface area contributed by atoms with Crippen molar-refractivity contribution in [2.45, 2.75) is 57.2 Å². The fourth-order valence-electron chi connectivity index (χ4n) is 2.78. The van der Waals surface area contributed by atoms with Gasteiger partial charge in [0.2, 0.25) is 11.8 Å². The molecule has 2 aliphatic rings. The van der Waals surface area contributed by atoms with Crippen LogP contribution < -0.4 is 16.9 Å². The van der Waals surface area contributed by atoms with E-state index in [0.29, 0.717) is 12.8 Å². The van der Waals surface area contributed by atoms with Crippen LogP contribution >= 0.6 is 0 Å². The van der Waals surface area contributed by atoms with Crippen molar-refractivity contribution >= 4 is 11.8 Å². The number of amides is 2. The van der Waals surface area contributed by atoms with Crippen LogP contribution in [0.3, 0.4) is 0 Å². The highest BCUT2D eigenvalue weighted by Crippen LogP contribution is 2.23. The van der Waals surface area contributed by atoms with E-state index in [1.54, 1.807) is 5.01 Å². The first-order chi connectivity index (χ1) is 8.97. The van der Waals surface area contributed by atoms with Gasteiger partial charge in [-0.2, -0.15) is 0 Å². The number of piperidine rings is 1. The zero-order chi connectivity index (χ0) is 14.0. The van der Waals surface area contributed by atoms with Crippen molar-refractivity contribution in [3.8, 4) is 0 Å². The molecule has 1 aliphatic carbocycles. The van der Waals surface area contributed by atoms with Gasteiger partial charge >= 0.3 is 0 Å². The molecule has 3 atom stereocenters. The van der Waals surface area contributed by atoms with Crippen LogP contribution in [0.4, 0.5) is 0 Å². The second-order valence-electron chi connectivity index (χ2n) is 5.55. The molecule has 1 fully saturated rings. The fraction of sp³-hybridized carbons (Fsp3) is 0.692. The number of carbonyl (C=O) groups is 2. The van der Waals surface area contributed by atoms with E-state index in [1.165, 1.54) is 5.57 Å². The number of nitrogens with one attached hydrogen (secondary N) is 1. The van der Waals surface area contributed by atoms with E-state index in [-0.39, 0.29) is 23.9 Å². The Labute approximate surface area is 113 Å². The molecule has 0 aromatic carbocycles. The van der Waals surface area contributed by atoms with E-state index in [4.69, 9.17) is 11.6 Å². The van der Waals surface area contributed by atoms with Gasteiger partial charge in [0.1, 0.15) is 6.04 Å². The number of hydrazine groups is 1. The summed E-state index contributed by atoms with van der Waals surface area (Å²) in [5, 5.41) is 3.94. The molecule has 6 heteroatoms. The molecule has 0 spiro atoms. The summed E-state index contributed by atoms with van der Waals surface area (Å²) >= 11 is 0. The van der Waals surface area contributed by atoms with E-state index in [0.717, 1.165) is 19.3 Å². The van der Waals surface area contributed by atoms with E-state index in [1.807, 2.05) is 0 Å². The van der Waals surface area contributed by atoms with Gasteiger partial charge in [0.15, 0.2) is 0 Å². The first-order valence-corrected chi connectivity index (χ1v) is 6.75. The first kappa shape index (κ1) is 14.2. The molecule has 6 nitrogen and oxygen atoms in total. The third-order valence-electron chi connectivity index (χ3n) is 3.89. The Bertz CT molecular complexity index is 407. The van der Waals surface area contributed by atoms with Crippen LogP contribution in [0.5, 0.6) is 0 Å². The molecule has 106 valence electrons. The average molecular weight is 266 g/mol. The Kier molecular flexibility index (Phi) is 4.34. The van der Waals surface area contributed by atoms with Crippen molar-refractivity contribution in [3.63, 3.8) is 0 Å². The predicted molar refractivity (Wildman–Crippen MR) is 71.6 cm³/mol. The minimum atomic E-state index is -0.430. The van der Waals surface area contributed by atoms with Crippen LogP contribution in [0, 0.1) is 0 Å². The summed E-state index contributed by atoms with van der Waals surface area (Å²) in [4.78, 5) is 23.0. The van der Waals surface area contributed by atoms with Crippen molar-refractivity contribution < 1.29 is 9.59 Å². The molecule has 0 radical (unpaired) electrons. The molecule has 0 bridgehead atoms. The minimum absolute atomic E-state index is 0.0534. The molecule has 0 aromatic heterocycles. The van der Waals surface area contributed by atoms with Crippen LogP contribution in [0.1, 0.15) is 39.0 Å². The number of rotatable bonds is 2. The molecule has 2 rings (SSSR count). The summed E-state index contributed by atoms with van der Waals surface area (Å²) in [5.41, 5.74) is 7.28. The first-order valence-electron chi connectivity index (χ1n) is 6.75. The van der Waals surface area contributed by atoms with Crippen molar-refractivity contribution in [3.05, 3.63) is 11.6 Å². The largest absolute Gasteiger partial charge is 0.327 e. The van der Waals surface area contributed by atoms with Gasteiger partial charge in [-0.3, -0.25) is 20.7 Å². The summed E-state index contributed by atoms with van der Waals surface area (Å²) < 4.78 is 0. The molecule has 19 heavy (non-hydrogen) atoms. The average Bonchev–Trinajstić information content (AvgIpc) is 2.51. The van der Waals surface area contributed by atoms with Gasteiger partial charge in [-0.15, -0.1) is 0 Å². The lowest BCUT2D eigenvalue weighted by atomic mass is 9.99. The lowest BCUT2D eigenvalue weighted by molar-refractivity contribution is -0.138. The summed E-state index contributed by atoms with van der Waals surface area (Å²) in [6.07, 6.45) is 5.41. The van der Waals surface area contributed by atoms with E-state index in [9.17, 15) is 9.59 Å². The normalized spacial score (nSPS) is 32.8. The molecule has 1 aliphatic heterocycles. The Balaban J connectivity index is 2.05. The Morgan fingerprint density at radius 2 is 2.16 bits per heavy atom. The maximum absolute atomic E-state index is 11.8. The van der Waals surface area contributed by atoms with E-state index in [2.05, 4.69) is 18.3 Å². The zero-order valence-corrected chi connectivity index (χ0v) is 11.3. The monoisotopic (exact) mass is 266 g/mol. The molecular formula is C13H22N4O2. The summed E-state index contributed by atoms with van der Waals surface area (Å²) in [5.74, 6) is 5.62. The molecule has 5 N–H and O–H groups in total. The zero-order valence-electron chi connectivity index (χ0n) is 11.3. The topological polar surface area (TPSA) is 101 Å². The van der Waals surface area contributed by atoms with Crippen LogP contribution in [0.15, 0.2) is 11.6 Å². The highest BCUT2D eigenvalue weighted by atomic mass is 16.2. The van der Waals surface area contributed by atoms with Crippen LogP contribution in [0.25, 0.3) is 0 Å². The number of imide groups is 1. The quantitative estimate of drug-likeness (QED) is 0.278. The number of hydrogen-bond acceptors (Lipinski definition) is 5. The van der Waals surface area contributed by atoms with Crippen molar-refractivity contribution in [1.82, 2.24) is 10.3 Å². The highest BCUT2D eigenvalue weighted by molar-refractivity contribution is 6.00. The standard InChI is InChI=1S/C13H22N4O2/c1-8-2-3-9(14)7-10(6-8)17(15)11-4-5-12(18)16-13(11)19/h2,9-11H,3-7,14-15H2,1H3,(H,16,18,19). The smallest absolute Gasteiger partial charge is 0.245 e. The van der Waals surface area contributed by atoms with Crippen molar-refractivity contribution in [2.75, 3.05) is 0 Å². The molecule has 3 unspecified atom stereocenters. The van der Waals surface area contributed by atoms with Crippen LogP contribution in [0.2, 0.25) is 0 Å². The van der Waals surface area contributed by atoms with Crippen molar-refractivity contribution in [1.29, 1.82) is 0 Å².